The van der Waals surface area contributed by atoms with Gasteiger partial charge in [-0.3, -0.25) is 5.10 Å². The Morgan fingerprint density at radius 3 is 2.21 bits per heavy atom. The normalized spacial score (nSPS) is 40.0. The van der Waals surface area contributed by atoms with E-state index in [1.54, 1.807) is 6.42 Å². The van der Waals surface area contributed by atoms with Crippen LogP contribution in [-0.4, -0.2) is 16.2 Å². The van der Waals surface area contributed by atoms with Gasteiger partial charge in [-0.15, -0.1) is 0 Å². The third kappa shape index (κ3) is 1.94. The minimum Gasteiger partial charge on any atom is -0.309 e. The monoisotopic (exact) mass is 259 g/mol. The van der Waals surface area contributed by atoms with Gasteiger partial charge in [-0.25, -0.2) is 0 Å². The van der Waals surface area contributed by atoms with E-state index in [-0.39, 0.29) is 0 Å². The van der Waals surface area contributed by atoms with Crippen LogP contribution in [0, 0.1) is 37.5 Å². The highest BCUT2D eigenvalue weighted by Crippen LogP contribution is 2.53. The van der Waals surface area contributed by atoms with E-state index < -0.39 is 0 Å². The van der Waals surface area contributed by atoms with Gasteiger partial charge >= 0.3 is 0 Å². The molecule has 4 aliphatic carbocycles. The summed E-state index contributed by atoms with van der Waals surface area (Å²) in [5, 5.41) is 11.3. The van der Waals surface area contributed by atoms with Crippen LogP contribution >= 0.6 is 0 Å². The molecule has 104 valence electrons. The molecule has 1 heterocycles. The molecule has 0 radical (unpaired) electrons. The summed E-state index contributed by atoms with van der Waals surface area (Å²) in [4.78, 5) is 0. The number of rotatable bonds is 3. The van der Waals surface area contributed by atoms with Crippen molar-refractivity contribution in [3.63, 3.8) is 0 Å². The van der Waals surface area contributed by atoms with Crippen molar-refractivity contribution in [3.8, 4) is 0 Å². The quantitative estimate of drug-likeness (QED) is 0.876. The zero-order valence-corrected chi connectivity index (χ0v) is 12.1. The molecule has 0 saturated heterocycles. The van der Waals surface area contributed by atoms with Crippen LogP contribution in [0.1, 0.15) is 49.1 Å². The summed E-state index contributed by atoms with van der Waals surface area (Å²) in [6.07, 6.45) is 7.52. The second-order valence-corrected chi connectivity index (χ2v) is 7.25. The van der Waals surface area contributed by atoms with E-state index >= 15 is 0 Å². The molecule has 2 N–H and O–H groups in total. The molecule has 0 aliphatic heterocycles. The SMILES string of the molecule is Cc1n[nH]c(C)c1CNC1C2CC3CC(C2)CC1C3. The topological polar surface area (TPSA) is 40.7 Å². The number of aromatic amines is 1. The van der Waals surface area contributed by atoms with Gasteiger partial charge < -0.3 is 5.32 Å². The molecule has 4 bridgehead atoms. The second kappa shape index (κ2) is 4.34. The van der Waals surface area contributed by atoms with Crippen molar-refractivity contribution in [2.75, 3.05) is 0 Å². The van der Waals surface area contributed by atoms with Crippen LogP contribution in [0.15, 0.2) is 0 Å². The lowest BCUT2D eigenvalue weighted by atomic mass is 9.54. The lowest BCUT2D eigenvalue weighted by molar-refractivity contribution is -0.0143. The summed E-state index contributed by atoms with van der Waals surface area (Å²) in [7, 11) is 0. The van der Waals surface area contributed by atoms with Crippen molar-refractivity contribution in [1.82, 2.24) is 15.5 Å². The van der Waals surface area contributed by atoms with E-state index in [1.807, 2.05) is 0 Å². The third-order valence-corrected chi connectivity index (χ3v) is 6.02. The highest BCUT2D eigenvalue weighted by Gasteiger charge is 2.47. The molecule has 4 fully saturated rings. The Morgan fingerprint density at radius 1 is 1.05 bits per heavy atom. The van der Waals surface area contributed by atoms with Crippen LogP contribution in [0.25, 0.3) is 0 Å². The summed E-state index contributed by atoms with van der Waals surface area (Å²) in [6, 6.07) is 0.779. The Labute approximate surface area is 115 Å². The lowest BCUT2D eigenvalue weighted by Crippen LogP contribution is -2.54. The summed E-state index contributed by atoms with van der Waals surface area (Å²) >= 11 is 0. The molecule has 3 heteroatoms. The smallest absolute Gasteiger partial charge is 0.0638 e. The van der Waals surface area contributed by atoms with E-state index in [2.05, 4.69) is 29.4 Å². The average molecular weight is 259 g/mol. The molecular weight excluding hydrogens is 234 g/mol. The first-order chi connectivity index (χ1) is 9.20. The van der Waals surface area contributed by atoms with Crippen LogP contribution in [0.4, 0.5) is 0 Å². The molecule has 0 amide bonds. The van der Waals surface area contributed by atoms with Crippen LogP contribution in [0.5, 0.6) is 0 Å². The Hall–Kier alpha value is -0.830. The Morgan fingerprint density at radius 2 is 1.68 bits per heavy atom. The maximum Gasteiger partial charge on any atom is 0.0638 e. The number of H-pyrrole nitrogens is 1. The number of nitrogens with one attached hydrogen (secondary N) is 2. The Kier molecular flexibility index (Phi) is 2.73. The molecule has 3 nitrogen and oxygen atoms in total. The molecular formula is C16H25N3. The van der Waals surface area contributed by atoms with Gasteiger partial charge in [-0.1, -0.05) is 0 Å². The Bertz CT molecular complexity index is 429. The highest BCUT2D eigenvalue weighted by molar-refractivity contribution is 5.23. The molecule has 0 atom stereocenters. The molecule has 1 aromatic rings. The number of aromatic nitrogens is 2. The zero-order valence-electron chi connectivity index (χ0n) is 12.1. The molecule has 4 saturated carbocycles. The number of hydrogen-bond donors (Lipinski definition) is 2. The predicted octanol–water partition coefficient (Wildman–Crippen LogP) is 2.94. The molecule has 4 aliphatic rings. The Balaban J connectivity index is 1.46. The highest BCUT2D eigenvalue weighted by atomic mass is 15.1. The summed E-state index contributed by atoms with van der Waals surface area (Å²) in [6.45, 7) is 5.24. The molecule has 0 unspecified atom stereocenters. The minimum absolute atomic E-state index is 0.779. The number of nitrogens with zero attached hydrogens (tertiary/aromatic N) is 1. The van der Waals surface area contributed by atoms with E-state index in [9.17, 15) is 0 Å². The largest absolute Gasteiger partial charge is 0.309 e. The first kappa shape index (κ1) is 12.0. The van der Waals surface area contributed by atoms with Gasteiger partial charge in [-0.05, 0) is 69.6 Å². The van der Waals surface area contributed by atoms with Crippen molar-refractivity contribution < 1.29 is 0 Å². The summed E-state index contributed by atoms with van der Waals surface area (Å²) in [5.74, 6) is 4.06. The van der Waals surface area contributed by atoms with Gasteiger partial charge in [0, 0.05) is 23.8 Å². The number of hydrogen-bond acceptors (Lipinski definition) is 2. The molecule has 19 heavy (non-hydrogen) atoms. The molecule has 5 rings (SSSR count). The van der Waals surface area contributed by atoms with Crippen molar-refractivity contribution in [2.45, 2.75) is 58.5 Å². The van der Waals surface area contributed by atoms with Crippen molar-refractivity contribution in [2.24, 2.45) is 23.7 Å². The first-order valence-corrected chi connectivity index (χ1v) is 7.94. The lowest BCUT2D eigenvalue weighted by Gasteiger charge is -2.54. The average Bonchev–Trinajstić information content (AvgIpc) is 2.68. The summed E-state index contributed by atoms with van der Waals surface area (Å²) < 4.78 is 0. The number of aryl methyl sites for hydroxylation is 2. The van der Waals surface area contributed by atoms with E-state index in [4.69, 9.17) is 0 Å². The van der Waals surface area contributed by atoms with Gasteiger partial charge in [0.25, 0.3) is 0 Å². The van der Waals surface area contributed by atoms with Gasteiger partial charge in [0.2, 0.25) is 0 Å². The van der Waals surface area contributed by atoms with Crippen molar-refractivity contribution in [1.29, 1.82) is 0 Å². The van der Waals surface area contributed by atoms with Crippen molar-refractivity contribution in [3.05, 3.63) is 17.0 Å². The first-order valence-electron chi connectivity index (χ1n) is 7.94. The summed E-state index contributed by atoms with van der Waals surface area (Å²) in [5.41, 5.74) is 3.77. The van der Waals surface area contributed by atoms with Crippen LogP contribution in [-0.2, 0) is 6.54 Å². The van der Waals surface area contributed by atoms with Gasteiger partial charge in [0.05, 0.1) is 5.69 Å². The third-order valence-electron chi connectivity index (χ3n) is 6.02. The van der Waals surface area contributed by atoms with E-state index in [0.29, 0.717) is 0 Å². The van der Waals surface area contributed by atoms with Gasteiger partial charge in [0.1, 0.15) is 0 Å². The maximum atomic E-state index is 4.31. The van der Waals surface area contributed by atoms with Crippen molar-refractivity contribution >= 4 is 0 Å². The fourth-order valence-electron chi connectivity index (χ4n) is 5.31. The van der Waals surface area contributed by atoms with Crippen LogP contribution in [0.2, 0.25) is 0 Å². The fraction of sp³-hybridized carbons (Fsp3) is 0.812. The van der Waals surface area contributed by atoms with Crippen LogP contribution < -0.4 is 5.32 Å². The maximum absolute atomic E-state index is 4.31. The standard InChI is InChI=1S/C16H25N3/c1-9-15(10(2)19-18-9)8-17-16-13-4-11-3-12(6-13)7-14(16)5-11/h11-14,16-17H,3-8H2,1-2H3,(H,18,19). The van der Waals surface area contributed by atoms with E-state index in [0.717, 1.165) is 42.0 Å². The fourth-order valence-corrected chi connectivity index (χ4v) is 5.31. The minimum atomic E-state index is 0.779. The molecule has 0 spiro atoms. The van der Waals surface area contributed by atoms with Gasteiger partial charge in [0.15, 0.2) is 0 Å². The van der Waals surface area contributed by atoms with Crippen LogP contribution in [0.3, 0.4) is 0 Å². The molecule has 1 aromatic heterocycles. The second-order valence-electron chi connectivity index (χ2n) is 7.25. The van der Waals surface area contributed by atoms with Gasteiger partial charge in [-0.2, -0.15) is 5.10 Å². The predicted molar refractivity (Wildman–Crippen MR) is 75.7 cm³/mol. The molecule has 0 aromatic carbocycles. The van der Waals surface area contributed by atoms with E-state index in [1.165, 1.54) is 36.9 Å². The zero-order chi connectivity index (χ0) is 13.0.